The predicted molar refractivity (Wildman–Crippen MR) is 77.4 cm³/mol. The van der Waals surface area contributed by atoms with Gasteiger partial charge in [-0.2, -0.15) is 5.26 Å². The van der Waals surface area contributed by atoms with Gasteiger partial charge in [-0.05, 0) is 56.8 Å². The summed E-state index contributed by atoms with van der Waals surface area (Å²) in [5.41, 5.74) is 1.95. The second-order valence-electron chi connectivity index (χ2n) is 5.70. The number of nitriles is 1. The molecule has 1 aromatic rings. The molecule has 3 nitrogen and oxygen atoms in total. The summed E-state index contributed by atoms with van der Waals surface area (Å²) in [6, 6.07) is 8.18. The van der Waals surface area contributed by atoms with Crippen LogP contribution in [0.5, 0.6) is 0 Å². The molecular formula is C15H18ClN3. The van der Waals surface area contributed by atoms with Crippen LogP contribution < -0.4 is 10.6 Å². The highest BCUT2D eigenvalue weighted by molar-refractivity contribution is 6.32. The predicted octanol–water partition coefficient (Wildman–Crippen LogP) is 3.30. The number of rotatable bonds is 2. The minimum absolute atomic E-state index is 0.395. The Balaban J connectivity index is 1.68. The van der Waals surface area contributed by atoms with Gasteiger partial charge in [-0.25, -0.2) is 0 Å². The number of hydrogen-bond acceptors (Lipinski definition) is 3. The minimum atomic E-state index is 0.395. The fraction of sp³-hybridized carbons (Fsp3) is 0.533. The Labute approximate surface area is 118 Å². The molecule has 2 N–H and O–H groups in total. The third kappa shape index (κ3) is 2.56. The van der Waals surface area contributed by atoms with Gasteiger partial charge in [-0.15, -0.1) is 0 Å². The molecule has 1 heterocycles. The van der Waals surface area contributed by atoms with E-state index in [9.17, 15) is 0 Å². The van der Waals surface area contributed by atoms with E-state index in [1.165, 1.54) is 25.7 Å². The summed E-state index contributed by atoms with van der Waals surface area (Å²) < 4.78 is 0. The lowest BCUT2D eigenvalue weighted by atomic mass is 9.70. The number of nitrogens with one attached hydrogen (secondary N) is 2. The van der Waals surface area contributed by atoms with Crippen LogP contribution in [0.25, 0.3) is 0 Å². The first-order valence-corrected chi connectivity index (χ1v) is 7.30. The van der Waals surface area contributed by atoms with Gasteiger partial charge < -0.3 is 10.6 Å². The van der Waals surface area contributed by atoms with Crippen molar-refractivity contribution in [2.75, 3.05) is 11.9 Å². The largest absolute Gasteiger partial charge is 0.382 e. The summed E-state index contributed by atoms with van der Waals surface area (Å²) in [6.45, 7) is 1.08. The van der Waals surface area contributed by atoms with Crippen LogP contribution in [0.1, 0.15) is 37.7 Å². The molecule has 1 aliphatic carbocycles. The van der Waals surface area contributed by atoms with Crippen molar-refractivity contribution < 1.29 is 0 Å². The number of nitrogens with zero attached hydrogens (tertiary/aromatic N) is 1. The topological polar surface area (TPSA) is 47.9 Å². The van der Waals surface area contributed by atoms with Crippen LogP contribution in [0.2, 0.25) is 5.02 Å². The van der Waals surface area contributed by atoms with Gasteiger partial charge in [0.25, 0.3) is 0 Å². The lowest BCUT2D eigenvalue weighted by molar-refractivity contribution is 0.135. The molecule has 0 aromatic heterocycles. The Morgan fingerprint density at radius 2 is 2.26 bits per heavy atom. The second kappa shape index (κ2) is 5.03. The van der Waals surface area contributed by atoms with Crippen LogP contribution in [-0.2, 0) is 0 Å². The van der Waals surface area contributed by atoms with Crippen LogP contribution in [-0.4, -0.2) is 18.1 Å². The van der Waals surface area contributed by atoms with Crippen LogP contribution in [0.3, 0.4) is 0 Å². The average molecular weight is 276 g/mol. The maximum atomic E-state index is 8.88. The second-order valence-corrected chi connectivity index (χ2v) is 6.11. The van der Waals surface area contributed by atoms with Crippen molar-refractivity contribution in [1.82, 2.24) is 5.32 Å². The SMILES string of the molecule is N#Cc1ccc(NC2CCNC3(CCC3)C2)cc1Cl. The van der Waals surface area contributed by atoms with Crippen molar-refractivity contribution in [2.45, 2.75) is 43.7 Å². The Kier molecular flexibility index (Phi) is 3.38. The summed E-state index contributed by atoms with van der Waals surface area (Å²) in [7, 11) is 0. The molecule has 100 valence electrons. The average Bonchev–Trinajstić information content (AvgIpc) is 2.37. The highest BCUT2D eigenvalue weighted by atomic mass is 35.5. The molecule has 1 aliphatic heterocycles. The van der Waals surface area contributed by atoms with Gasteiger partial charge in [-0.3, -0.25) is 0 Å². The molecule has 1 saturated heterocycles. The first-order chi connectivity index (χ1) is 9.21. The monoisotopic (exact) mass is 275 g/mol. The smallest absolute Gasteiger partial charge is 0.101 e. The molecular weight excluding hydrogens is 258 g/mol. The zero-order chi connectivity index (χ0) is 13.3. The molecule has 2 fully saturated rings. The summed E-state index contributed by atoms with van der Waals surface area (Å²) in [5, 5.41) is 16.6. The lowest BCUT2D eigenvalue weighted by Crippen LogP contribution is -2.58. The Bertz CT molecular complexity index is 517. The van der Waals surface area contributed by atoms with Gasteiger partial charge in [-0.1, -0.05) is 11.6 Å². The van der Waals surface area contributed by atoms with E-state index in [0.717, 1.165) is 18.7 Å². The number of piperidine rings is 1. The van der Waals surface area contributed by atoms with E-state index in [2.05, 4.69) is 16.7 Å². The Morgan fingerprint density at radius 1 is 1.42 bits per heavy atom. The summed E-state index contributed by atoms with van der Waals surface area (Å²) >= 11 is 6.07. The maximum absolute atomic E-state index is 8.88. The highest BCUT2D eigenvalue weighted by Gasteiger charge is 2.40. The standard InChI is InChI=1S/C15H18ClN3/c16-14-8-12(3-2-11(14)10-17)19-13-4-7-18-15(9-13)5-1-6-15/h2-3,8,13,18-19H,1,4-7,9H2. The first kappa shape index (κ1) is 12.8. The number of halogens is 1. The molecule has 0 bridgehead atoms. The Hall–Kier alpha value is -1.24. The third-order valence-corrected chi connectivity index (χ3v) is 4.71. The molecule has 3 rings (SSSR count). The fourth-order valence-electron chi connectivity index (χ4n) is 3.20. The summed E-state index contributed by atoms with van der Waals surface area (Å²) in [6.07, 6.45) is 6.28. The van der Waals surface area contributed by atoms with Crippen molar-refractivity contribution in [3.8, 4) is 6.07 Å². The van der Waals surface area contributed by atoms with Gasteiger partial charge in [0.2, 0.25) is 0 Å². The van der Waals surface area contributed by atoms with E-state index in [4.69, 9.17) is 16.9 Å². The van der Waals surface area contributed by atoms with Gasteiger partial charge in [0, 0.05) is 17.3 Å². The van der Waals surface area contributed by atoms with Crippen molar-refractivity contribution in [2.24, 2.45) is 0 Å². The molecule has 0 radical (unpaired) electrons. The molecule has 19 heavy (non-hydrogen) atoms. The normalized spacial score (nSPS) is 24.5. The van der Waals surface area contributed by atoms with Gasteiger partial charge >= 0.3 is 0 Å². The summed E-state index contributed by atoms with van der Waals surface area (Å²) in [5.74, 6) is 0. The van der Waals surface area contributed by atoms with Gasteiger partial charge in [0.1, 0.15) is 6.07 Å². The van der Waals surface area contributed by atoms with Crippen molar-refractivity contribution in [1.29, 1.82) is 5.26 Å². The Morgan fingerprint density at radius 3 is 2.89 bits per heavy atom. The van der Waals surface area contributed by atoms with Crippen LogP contribution >= 0.6 is 11.6 Å². The van der Waals surface area contributed by atoms with E-state index >= 15 is 0 Å². The van der Waals surface area contributed by atoms with Crippen molar-refractivity contribution in [3.63, 3.8) is 0 Å². The maximum Gasteiger partial charge on any atom is 0.101 e. The van der Waals surface area contributed by atoms with E-state index in [-0.39, 0.29) is 0 Å². The minimum Gasteiger partial charge on any atom is -0.382 e. The van der Waals surface area contributed by atoms with Crippen LogP contribution in [0.15, 0.2) is 18.2 Å². The van der Waals surface area contributed by atoms with Crippen LogP contribution in [0, 0.1) is 11.3 Å². The molecule has 4 heteroatoms. The molecule has 1 aromatic carbocycles. The summed E-state index contributed by atoms with van der Waals surface area (Å²) in [4.78, 5) is 0. The molecule has 1 saturated carbocycles. The number of hydrogen-bond donors (Lipinski definition) is 2. The van der Waals surface area contributed by atoms with E-state index < -0.39 is 0 Å². The third-order valence-electron chi connectivity index (χ3n) is 4.40. The molecule has 1 unspecified atom stereocenters. The van der Waals surface area contributed by atoms with Gasteiger partial charge in [0.15, 0.2) is 0 Å². The number of anilines is 1. The van der Waals surface area contributed by atoms with Crippen LogP contribution in [0.4, 0.5) is 5.69 Å². The molecule has 0 amide bonds. The quantitative estimate of drug-likeness (QED) is 0.871. The van der Waals surface area contributed by atoms with Gasteiger partial charge in [0.05, 0.1) is 10.6 Å². The molecule has 1 spiro atoms. The lowest BCUT2D eigenvalue weighted by Gasteiger charge is -2.48. The van der Waals surface area contributed by atoms with E-state index in [1.54, 1.807) is 6.07 Å². The zero-order valence-corrected chi connectivity index (χ0v) is 11.6. The van der Waals surface area contributed by atoms with Crippen molar-refractivity contribution in [3.05, 3.63) is 28.8 Å². The van der Waals surface area contributed by atoms with E-state index in [1.807, 2.05) is 12.1 Å². The van der Waals surface area contributed by atoms with E-state index in [0.29, 0.717) is 22.2 Å². The number of benzene rings is 1. The first-order valence-electron chi connectivity index (χ1n) is 6.92. The molecule has 2 aliphatic rings. The molecule has 1 atom stereocenters. The highest BCUT2D eigenvalue weighted by Crippen LogP contribution is 2.39. The fourth-order valence-corrected chi connectivity index (χ4v) is 3.42. The van der Waals surface area contributed by atoms with Crippen molar-refractivity contribution >= 4 is 17.3 Å². The zero-order valence-electron chi connectivity index (χ0n) is 10.9.